The Labute approximate surface area is 284 Å². The molecule has 1 amide bonds. The fourth-order valence-electron chi connectivity index (χ4n) is 9.03. The van der Waals surface area contributed by atoms with Crippen LogP contribution in [0.3, 0.4) is 0 Å². The lowest BCUT2D eigenvalue weighted by Crippen LogP contribution is -2.57. The number of benzene rings is 1. The number of hydrogen-bond acceptors (Lipinski definition) is 9. The largest absolute Gasteiger partial charge is 0.492 e. The predicted molar refractivity (Wildman–Crippen MR) is 174 cm³/mol. The molecule has 4 fully saturated rings. The molecule has 11 nitrogen and oxygen atoms in total. The Hall–Kier alpha value is -3.49. The van der Waals surface area contributed by atoms with Crippen LogP contribution in [-0.2, 0) is 21.1 Å². The van der Waals surface area contributed by atoms with Gasteiger partial charge in [-0.3, -0.25) is 9.69 Å². The second-order valence-electron chi connectivity index (χ2n) is 14.9. The van der Waals surface area contributed by atoms with E-state index in [1.807, 2.05) is 25.1 Å². The Balaban J connectivity index is 1.15. The number of rotatable bonds is 8. The lowest BCUT2D eigenvalue weighted by Gasteiger charge is -2.34. The van der Waals surface area contributed by atoms with E-state index in [1.165, 1.54) is 0 Å². The molecule has 2 aliphatic carbocycles. The first kappa shape index (κ1) is 34.0. The number of carbonyl (C=O) groups excluding carboxylic acids is 1. The number of anilines is 2. The van der Waals surface area contributed by atoms with Crippen molar-refractivity contribution >= 4 is 23.5 Å². The molecule has 2 saturated heterocycles. The van der Waals surface area contributed by atoms with Crippen LogP contribution in [0.4, 0.5) is 24.8 Å². The minimum atomic E-state index is -4.98. The maximum Gasteiger partial charge on any atom is 0.434 e. The smallest absolute Gasteiger partial charge is 0.434 e. The number of likely N-dealkylation sites (N-methyl/N-ethyl adjacent to an activating group) is 1. The van der Waals surface area contributed by atoms with Crippen molar-refractivity contribution < 1.29 is 37.3 Å². The Morgan fingerprint density at radius 2 is 1.88 bits per heavy atom. The Morgan fingerprint density at radius 1 is 1.12 bits per heavy atom. The number of ether oxygens (including phenoxy) is 2. The van der Waals surface area contributed by atoms with E-state index in [4.69, 9.17) is 9.47 Å². The zero-order chi connectivity index (χ0) is 34.6. The maximum absolute atomic E-state index is 14.6. The maximum atomic E-state index is 14.6. The number of amides is 1. The number of piperazine rings is 1. The molecule has 266 valence electrons. The molecule has 14 heteroatoms. The number of nitrogens with zero attached hydrogens (tertiary/aromatic N) is 5. The molecular weight excluding hydrogens is 641 g/mol. The van der Waals surface area contributed by atoms with Crippen LogP contribution in [0.5, 0.6) is 5.75 Å². The summed E-state index contributed by atoms with van der Waals surface area (Å²) in [6.07, 6.45) is -0.496. The average Bonchev–Trinajstić information content (AvgIpc) is 3.51. The second kappa shape index (κ2) is 13.0. The van der Waals surface area contributed by atoms with Gasteiger partial charge < -0.3 is 29.7 Å². The van der Waals surface area contributed by atoms with Crippen molar-refractivity contribution in [3.63, 3.8) is 0 Å². The van der Waals surface area contributed by atoms with Crippen molar-refractivity contribution in [2.75, 3.05) is 71.0 Å². The molecule has 1 aromatic carbocycles. The van der Waals surface area contributed by atoms with Gasteiger partial charge in [0.2, 0.25) is 5.95 Å². The van der Waals surface area contributed by atoms with Gasteiger partial charge in [0, 0.05) is 69.8 Å². The van der Waals surface area contributed by atoms with E-state index in [-0.39, 0.29) is 30.1 Å². The van der Waals surface area contributed by atoms with E-state index in [2.05, 4.69) is 32.1 Å². The van der Waals surface area contributed by atoms with E-state index in [0.29, 0.717) is 63.5 Å². The highest BCUT2D eigenvalue weighted by Crippen LogP contribution is 2.52. The van der Waals surface area contributed by atoms with Crippen molar-refractivity contribution in [2.45, 2.75) is 62.6 Å². The zero-order valence-electron chi connectivity index (χ0n) is 28.1. The number of carboxylic acid groups (broad SMARTS) is 1. The number of carboxylic acids is 1. The summed E-state index contributed by atoms with van der Waals surface area (Å²) in [5, 5.41) is 12.8. The number of aromatic nitrogens is 2. The topological polar surface area (TPSA) is 120 Å². The molecular formula is C35H45F3N6O5. The summed E-state index contributed by atoms with van der Waals surface area (Å²) in [6.45, 7) is 8.76. The van der Waals surface area contributed by atoms with E-state index >= 15 is 0 Å². The highest BCUT2D eigenvalue weighted by atomic mass is 19.4. The Morgan fingerprint density at radius 3 is 2.59 bits per heavy atom. The normalized spacial score (nSPS) is 28.4. The third-order valence-corrected chi connectivity index (χ3v) is 11.6. The fourth-order valence-corrected chi connectivity index (χ4v) is 9.03. The van der Waals surface area contributed by atoms with Gasteiger partial charge in [0.15, 0.2) is 5.69 Å². The van der Waals surface area contributed by atoms with Gasteiger partial charge in [-0.1, -0.05) is 6.92 Å². The van der Waals surface area contributed by atoms with Crippen molar-refractivity contribution in [1.29, 1.82) is 0 Å². The molecule has 2 saturated carbocycles. The summed E-state index contributed by atoms with van der Waals surface area (Å²) in [7, 11) is 2.12. The van der Waals surface area contributed by atoms with Crippen LogP contribution >= 0.6 is 0 Å². The van der Waals surface area contributed by atoms with Crippen LogP contribution in [-0.4, -0.2) is 108 Å². The number of carbonyl (C=O) groups is 2. The molecule has 1 aromatic heterocycles. The molecule has 3 aliphatic heterocycles. The van der Waals surface area contributed by atoms with Gasteiger partial charge in [-0.25, -0.2) is 14.8 Å². The molecule has 7 rings (SSSR count). The minimum absolute atomic E-state index is 0.0986. The quantitative estimate of drug-likeness (QED) is 0.416. The summed E-state index contributed by atoms with van der Waals surface area (Å²) >= 11 is 0. The summed E-state index contributed by atoms with van der Waals surface area (Å²) in [5.41, 5.74) is -2.54. The van der Waals surface area contributed by atoms with Crippen molar-refractivity contribution in [3.8, 4) is 5.75 Å². The molecule has 1 spiro atoms. The van der Waals surface area contributed by atoms with E-state index in [9.17, 15) is 27.9 Å². The van der Waals surface area contributed by atoms with Crippen LogP contribution in [0, 0.1) is 17.8 Å². The van der Waals surface area contributed by atoms with E-state index in [0.717, 1.165) is 50.9 Å². The van der Waals surface area contributed by atoms with Gasteiger partial charge >= 0.3 is 12.1 Å². The third kappa shape index (κ3) is 6.47. The van der Waals surface area contributed by atoms with Crippen LogP contribution < -0.4 is 15.0 Å². The molecule has 5 aliphatic rings. The first-order chi connectivity index (χ1) is 23.4. The van der Waals surface area contributed by atoms with Gasteiger partial charge in [-0.15, -0.1) is 0 Å². The molecule has 4 atom stereocenters. The first-order valence-corrected chi connectivity index (χ1v) is 17.4. The zero-order valence-corrected chi connectivity index (χ0v) is 28.1. The molecule has 4 unspecified atom stereocenters. The first-order valence-electron chi connectivity index (χ1n) is 17.4. The number of halogens is 3. The lowest BCUT2D eigenvalue weighted by atomic mass is 9.76. The van der Waals surface area contributed by atoms with Crippen LogP contribution in [0.1, 0.15) is 67.1 Å². The average molecular weight is 687 g/mol. The molecule has 2 N–H and O–H groups in total. The van der Waals surface area contributed by atoms with Gasteiger partial charge in [0.1, 0.15) is 17.9 Å². The number of fused-ring (bicyclic) bond motifs is 4. The molecule has 4 heterocycles. The molecule has 49 heavy (non-hydrogen) atoms. The summed E-state index contributed by atoms with van der Waals surface area (Å²) in [6, 6.07) is 5.66. The number of nitrogens with one attached hydrogen (secondary N) is 1. The second-order valence-corrected chi connectivity index (χ2v) is 14.9. The van der Waals surface area contributed by atoms with Crippen LogP contribution in [0.2, 0.25) is 0 Å². The van der Waals surface area contributed by atoms with Crippen molar-refractivity contribution in [3.05, 3.63) is 41.2 Å². The SMILES string of the molecule is CC1CC2CC(C1)C(NC(=O)c1cnc(N3CC4(CCOCC4)c4cc(OCCN5CCN(C)CC5)ccc43)nc1C(F)(F)F)(C(=O)O)C2. The van der Waals surface area contributed by atoms with Crippen LogP contribution in [0.25, 0.3) is 0 Å². The highest BCUT2D eigenvalue weighted by molar-refractivity contribution is 5.99. The number of aliphatic carboxylic acids is 1. The van der Waals surface area contributed by atoms with E-state index < -0.39 is 40.3 Å². The highest BCUT2D eigenvalue weighted by Gasteiger charge is 2.57. The van der Waals surface area contributed by atoms with Gasteiger partial charge in [-0.05, 0) is 87.1 Å². The molecule has 2 aromatic rings. The summed E-state index contributed by atoms with van der Waals surface area (Å²) < 4.78 is 55.8. The third-order valence-electron chi connectivity index (χ3n) is 11.6. The van der Waals surface area contributed by atoms with Crippen LogP contribution in [0.15, 0.2) is 24.4 Å². The monoisotopic (exact) mass is 686 g/mol. The Kier molecular flexibility index (Phi) is 9.02. The van der Waals surface area contributed by atoms with Gasteiger partial charge in [-0.2, -0.15) is 13.2 Å². The summed E-state index contributed by atoms with van der Waals surface area (Å²) in [4.78, 5) is 40.8. The van der Waals surface area contributed by atoms with Crippen molar-refractivity contribution in [2.24, 2.45) is 17.8 Å². The fraction of sp³-hybridized carbons (Fsp3) is 0.657. The standard InChI is InChI=1S/C35H45F3N6O5/c1-22-15-23-17-24(16-22)34(19-23,31(46)47)41-30(45)26-20-39-32(40-29(26)35(36,37)38)44-21-33(5-12-48-13-6-33)27-18-25(3-4-28(27)44)49-14-11-43-9-7-42(2)8-10-43/h3-4,18,20,22-24H,5-17,19,21H2,1-2H3,(H,41,45)(H,46,47). The molecule has 2 bridgehead atoms. The molecule has 0 radical (unpaired) electrons. The number of alkyl halides is 3. The van der Waals surface area contributed by atoms with E-state index in [1.54, 1.807) is 4.90 Å². The van der Waals surface area contributed by atoms with Gasteiger partial charge in [0.05, 0.1) is 5.56 Å². The predicted octanol–water partition coefficient (Wildman–Crippen LogP) is 4.33. The summed E-state index contributed by atoms with van der Waals surface area (Å²) in [5.74, 6) is -1.79. The van der Waals surface area contributed by atoms with Gasteiger partial charge in [0.25, 0.3) is 5.91 Å². The Bertz CT molecular complexity index is 1580. The lowest BCUT2D eigenvalue weighted by molar-refractivity contribution is -0.146. The number of hydrogen-bond donors (Lipinski definition) is 2. The van der Waals surface area contributed by atoms with Crippen molar-refractivity contribution in [1.82, 2.24) is 25.1 Å². The minimum Gasteiger partial charge on any atom is -0.492 e.